The number of β-amino-alcohol motifs (C(OH)–C–C–N with tert-alkyl or cyclic N) is 1. The Morgan fingerprint density at radius 1 is 1.16 bits per heavy atom. The van der Waals surface area contributed by atoms with Crippen LogP contribution >= 0.6 is 0 Å². The number of urea groups is 1. The van der Waals surface area contributed by atoms with Gasteiger partial charge in [-0.1, -0.05) is 24.3 Å². The highest BCUT2D eigenvalue weighted by atomic mass is 19.1. The van der Waals surface area contributed by atoms with Gasteiger partial charge in [-0.3, -0.25) is 4.79 Å². The molecule has 1 saturated heterocycles. The quantitative estimate of drug-likeness (QED) is 0.564. The van der Waals surface area contributed by atoms with Crippen molar-refractivity contribution in [1.82, 2.24) is 10.2 Å². The number of anilines is 1. The third-order valence-electron chi connectivity index (χ3n) is 5.64. The molecule has 2 aromatic rings. The summed E-state index contributed by atoms with van der Waals surface area (Å²) >= 11 is 0. The Balaban J connectivity index is 1.35. The largest absolute Gasteiger partial charge is 0.390 e. The Labute approximate surface area is 182 Å². The molecule has 166 valence electrons. The van der Waals surface area contributed by atoms with Gasteiger partial charge < -0.3 is 20.6 Å². The van der Waals surface area contributed by atoms with E-state index in [1.54, 1.807) is 24.3 Å². The van der Waals surface area contributed by atoms with Crippen molar-refractivity contribution in [3.63, 3.8) is 0 Å². The topological polar surface area (TPSA) is 81.7 Å². The Hall–Kier alpha value is -2.77. The summed E-state index contributed by atoms with van der Waals surface area (Å²) in [6.07, 6.45) is 2.35. The lowest BCUT2D eigenvalue weighted by atomic mass is 9.90. The number of nitrogens with zero attached hydrogens (tertiary/aromatic N) is 1. The zero-order valence-electron chi connectivity index (χ0n) is 17.8. The van der Waals surface area contributed by atoms with Gasteiger partial charge in [0.1, 0.15) is 5.82 Å². The van der Waals surface area contributed by atoms with E-state index in [4.69, 9.17) is 0 Å². The molecule has 0 saturated carbocycles. The van der Waals surface area contributed by atoms with E-state index in [2.05, 4.69) is 15.5 Å². The maximum atomic E-state index is 13.0. The fourth-order valence-corrected chi connectivity index (χ4v) is 3.89. The van der Waals surface area contributed by atoms with Gasteiger partial charge in [-0.25, -0.2) is 9.18 Å². The van der Waals surface area contributed by atoms with Crippen LogP contribution in [0.3, 0.4) is 0 Å². The number of amides is 2. The lowest BCUT2D eigenvalue weighted by Gasteiger charge is -2.33. The molecule has 1 atom stereocenters. The van der Waals surface area contributed by atoms with Crippen LogP contribution in [0.2, 0.25) is 0 Å². The Bertz CT molecular complexity index is 880. The van der Waals surface area contributed by atoms with E-state index in [1.165, 1.54) is 19.1 Å². The average Bonchev–Trinajstić information content (AvgIpc) is 2.75. The van der Waals surface area contributed by atoms with Crippen LogP contribution in [0.15, 0.2) is 48.5 Å². The number of aliphatic hydroxyl groups is 1. The number of piperidine rings is 1. The van der Waals surface area contributed by atoms with Crippen molar-refractivity contribution in [2.75, 3.05) is 31.5 Å². The van der Waals surface area contributed by atoms with E-state index in [9.17, 15) is 19.1 Å². The van der Waals surface area contributed by atoms with E-state index >= 15 is 0 Å². The predicted molar refractivity (Wildman–Crippen MR) is 119 cm³/mol. The Kier molecular flexibility index (Phi) is 8.14. The van der Waals surface area contributed by atoms with Gasteiger partial charge in [-0.2, -0.15) is 0 Å². The third kappa shape index (κ3) is 7.45. The van der Waals surface area contributed by atoms with E-state index in [0.717, 1.165) is 37.9 Å². The number of halogens is 1. The Morgan fingerprint density at radius 2 is 1.87 bits per heavy atom. The van der Waals surface area contributed by atoms with Crippen LogP contribution in [-0.4, -0.2) is 54.1 Å². The van der Waals surface area contributed by atoms with Gasteiger partial charge in [-0.05, 0) is 75.0 Å². The first-order valence-electron chi connectivity index (χ1n) is 10.7. The number of hydrogen-bond donors (Lipinski definition) is 3. The van der Waals surface area contributed by atoms with Gasteiger partial charge in [0.15, 0.2) is 5.78 Å². The number of likely N-dealkylation sites (tertiary alicyclic amines) is 1. The molecule has 0 spiro atoms. The molecule has 3 N–H and O–H groups in total. The first-order valence-corrected chi connectivity index (χ1v) is 10.7. The molecule has 6 nitrogen and oxygen atoms in total. The third-order valence-corrected chi connectivity index (χ3v) is 5.64. The van der Waals surface area contributed by atoms with Gasteiger partial charge in [0.2, 0.25) is 0 Å². The zero-order valence-corrected chi connectivity index (χ0v) is 17.8. The summed E-state index contributed by atoms with van der Waals surface area (Å²) in [6.45, 7) is 3.91. The molecule has 31 heavy (non-hydrogen) atoms. The molecular formula is C24H30FN3O3. The summed E-state index contributed by atoms with van der Waals surface area (Å²) in [7, 11) is 0. The fourth-order valence-electron chi connectivity index (χ4n) is 3.89. The number of nitrogens with one attached hydrogen (secondary N) is 2. The molecule has 2 aromatic carbocycles. The van der Waals surface area contributed by atoms with Crippen LogP contribution in [0.4, 0.5) is 14.9 Å². The molecule has 0 radical (unpaired) electrons. The normalized spacial score (nSPS) is 16.0. The van der Waals surface area contributed by atoms with Crippen molar-refractivity contribution in [1.29, 1.82) is 0 Å². The van der Waals surface area contributed by atoms with Crippen LogP contribution < -0.4 is 10.6 Å². The van der Waals surface area contributed by atoms with Crippen molar-refractivity contribution in [3.05, 3.63) is 65.5 Å². The minimum Gasteiger partial charge on any atom is -0.390 e. The van der Waals surface area contributed by atoms with Crippen LogP contribution in [0.1, 0.15) is 35.7 Å². The first-order chi connectivity index (χ1) is 14.9. The minimum atomic E-state index is -0.664. The van der Waals surface area contributed by atoms with Crippen molar-refractivity contribution < 1.29 is 19.1 Å². The second-order valence-corrected chi connectivity index (χ2v) is 8.20. The lowest BCUT2D eigenvalue weighted by Crippen LogP contribution is -2.44. The van der Waals surface area contributed by atoms with E-state index in [-0.39, 0.29) is 18.1 Å². The number of aliphatic hydroxyl groups excluding tert-OH is 1. The summed E-state index contributed by atoms with van der Waals surface area (Å²) in [6, 6.07) is 13.0. The summed E-state index contributed by atoms with van der Waals surface area (Å²) in [4.78, 5) is 25.7. The first kappa shape index (κ1) is 22.9. The van der Waals surface area contributed by atoms with Crippen molar-refractivity contribution in [2.24, 2.45) is 5.92 Å². The van der Waals surface area contributed by atoms with Gasteiger partial charge in [0.05, 0.1) is 6.10 Å². The number of carbonyl (C=O) groups is 2. The highest BCUT2D eigenvalue weighted by Crippen LogP contribution is 2.22. The zero-order chi connectivity index (χ0) is 22.2. The van der Waals surface area contributed by atoms with Crippen molar-refractivity contribution in [3.8, 4) is 0 Å². The lowest BCUT2D eigenvalue weighted by molar-refractivity contribution is 0.0902. The molecule has 1 aliphatic heterocycles. The van der Waals surface area contributed by atoms with Crippen molar-refractivity contribution >= 4 is 17.5 Å². The summed E-state index contributed by atoms with van der Waals surface area (Å²) < 4.78 is 13.0. The number of rotatable bonds is 8. The van der Waals surface area contributed by atoms with E-state index in [0.29, 0.717) is 23.7 Å². The molecular weight excluding hydrogens is 397 g/mol. The molecule has 0 aliphatic carbocycles. The highest BCUT2D eigenvalue weighted by Gasteiger charge is 2.21. The molecule has 2 amide bonds. The highest BCUT2D eigenvalue weighted by molar-refractivity contribution is 5.96. The molecule has 0 aromatic heterocycles. The number of Topliss-reactive ketones (excluding diaryl/α,β-unsaturated/α-hetero) is 1. The molecule has 0 unspecified atom stereocenters. The van der Waals surface area contributed by atoms with Crippen LogP contribution in [0, 0.1) is 11.7 Å². The number of benzene rings is 2. The monoisotopic (exact) mass is 427 g/mol. The number of hydrogen-bond acceptors (Lipinski definition) is 4. The molecule has 0 bridgehead atoms. The summed E-state index contributed by atoms with van der Waals surface area (Å²) in [5.41, 5.74) is 2.22. The molecule has 1 aliphatic rings. The molecule has 3 rings (SSSR count). The molecule has 7 heteroatoms. The van der Waals surface area contributed by atoms with Gasteiger partial charge in [0.25, 0.3) is 0 Å². The SMILES string of the molecule is CC(=O)c1cccc(NC(=O)NC[C@@H](O)CN2CCC(Cc3ccc(F)cc3)CC2)c1. The molecule has 1 fully saturated rings. The number of ketones is 1. The van der Waals surface area contributed by atoms with E-state index < -0.39 is 12.1 Å². The standard InChI is InChI=1S/C24H30FN3O3/c1-17(29)20-3-2-4-22(14-20)27-24(31)26-15-23(30)16-28-11-9-19(10-12-28)13-18-5-7-21(25)8-6-18/h2-8,14,19,23,30H,9-13,15-16H2,1H3,(H2,26,27,31)/t23-/m1/s1. The minimum absolute atomic E-state index is 0.0686. The van der Waals surface area contributed by atoms with Crippen LogP contribution in [0.5, 0.6) is 0 Å². The van der Waals surface area contributed by atoms with E-state index in [1.807, 2.05) is 12.1 Å². The van der Waals surface area contributed by atoms with Crippen LogP contribution in [-0.2, 0) is 6.42 Å². The Morgan fingerprint density at radius 3 is 2.55 bits per heavy atom. The second kappa shape index (κ2) is 11.0. The average molecular weight is 428 g/mol. The van der Waals surface area contributed by atoms with Gasteiger partial charge >= 0.3 is 6.03 Å². The maximum absolute atomic E-state index is 13.0. The smallest absolute Gasteiger partial charge is 0.319 e. The summed E-state index contributed by atoms with van der Waals surface area (Å²) in [5, 5.41) is 15.6. The van der Waals surface area contributed by atoms with Gasteiger partial charge in [0, 0.05) is 24.3 Å². The van der Waals surface area contributed by atoms with Crippen LogP contribution in [0.25, 0.3) is 0 Å². The van der Waals surface area contributed by atoms with Crippen molar-refractivity contribution in [2.45, 2.75) is 32.3 Å². The summed E-state index contributed by atoms with van der Waals surface area (Å²) in [5.74, 6) is 0.286. The predicted octanol–water partition coefficient (Wildman–Crippen LogP) is 3.47. The maximum Gasteiger partial charge on any atom is 0.319 e. The van der Waals surface area contributed by atoms with Gasteiger partial charge in [-0.15, -0.1) is 0 Å². The second-order valence-electron chi connectivity index (χ2n) is 8.20. The molecule has 1 heterocycles. The fraction of sp³-hybridized carbons (Fsp3) is 0.417. The number of carbonyl (C=O) groups excluding carboxylic acids is 2.